The first-order valence-electron chi connectivity index (χ1n) is 3.94. The lowest BCUT2D eigenvalue weighted by atomic mass is 9.72. The van der Waals surface area contributed by atoms with E-state index in [9.17, 15) is 0 Å². The smallest absolute Gasteiger partial charge is 0.0782 e. The van der Waals surface area contributed by atoms with Crippen LogP contribution in [0, 0.1) is 5.41 Å². The molecule has 3 aliphatic heterocycles. The SMILES string of the molecule is CN1CC2OC(C1)C2(C)C. The van der Waals surface area contributed by atoms with E-state index in [1.165, 1.54) is 0 Å². The summed E-state index contributed by atoms with van der Waals surface area (Å²) in [6.45, 7) is 6.84. The van der Waals surface area contributed by atoms with Gasteiger partial charge in [0.25, 0.3) is 0 Å². The molecule has 2 nitrogen and oxygen atoms in total. The summed E-state index contributed by atoms with van der Waals surface area (Å²) < 4.78 is 5.62. The van der Waals surface area contributed by atoms with Crippen LogP contribution in [0.4, 0.5) is 0 Å². The number of rotatable bonds is 0. The van der Waals surface area contributed by atoms with Crippen molar-refractivity contribution in [2.45, 2.75) is 26.1 Å². The number of piperidine rings is 1. The number of hydrogen-bond acceptors (Lipinski definition) is 2. The monoisotopic (exact) mass is 141 g/mol. The van der Waals surface area contributed by atoms with E-state index < -0.39 is 0 Å². The second kappa shape index (κ2) is 1.74. The van der Waals surface area contributed by atoms with Crippen molar-refractivity contribution in [1.82, 2.24) is 4.90 Å². The summed E-state index contributed by atoms with van der Waals surface area (Å²) in [4.78, 5) is 2.35. The van der Waals surface area contributed by atoms with E-state index in [-0.39, 0.29) is 0 Å². The highest BCUT2D eigenvalue weighted by atomic mass is 16.5. The van der Waals surface area contributed by atoms with Crippen molar-refractivity contribution in [2.75, 3.05) is 20.1 Å². The Morgan fingerprint density at radius 3 is 2.10 bits per heavy atom. The van der Waals surface area contributed by atoms with Crippen LogP contribution in [0.5, 0.6) is 0 Å². The summed E-state index contributed by atoms with van der Waals surface area (Å²) >= 11 is 0. The summed E-state index contributed by atoms with van der Waals surface area (Å²) in [6.07, 6.45) is 0.993. The molecular weight excluding hydrogens is 126 g/mol. The Balaban J connectivity index is 2.10. The fraction of sp³-hybridized carbons (Fsp3) is 1.00. The van der Waals surface area contributed by atoms with Gasteiger partial charge in [0, 0.05) is 18.5 Å². The van der Waals surface area contributed by atoms with Crippen molar-refractivity contribution in [3.63, 3.8) is 0 Å². The van der Waals surface area contributed by atoms with E-state index in [4.69, 9.17) is 4.74 Å². The summed E-state index contributed by atoms with van der Waals surface area (Å²) in [5.74, 6) is 0. The number of nitrogens with zero attached hydrogens (tertiary/aromatic N) is 1. The normalized spacial score (nSPS) is 44.7. The lowest BCUT2D eigenvalue weighted by Crippen LogP contribution is -2.68. The molecule has 2 unspecified atom stereocenters. The molecule has 3 saturated heterocycles. The van der Waals surface area contributed by atoms with E-state index in [0.717, 1.165) is 13.1 Å². The summed E-state index contributed by atoms with van der Waals surface area (Å²) in [6, 6.07) is 0. The average Bonchev–Trinajstić information content (AvgIpc) is 1.87. The zero-order chi connectivity index (χ0) is 7.35. The predicted octanol–water partition coefficient (Wildman–Crippen LogP) is 0.725. The molecule has 0 aromatic heterocycles. The highest BCUT2D eigenvalue weighted by Crippen LogP contribution is 2.44. The number of morpholine rings is 1. The van der Waals surface area contributed by atoms with Gasteiger partial charge in [0.05, 0.1) is 12.2 Å². The molecule has 3 heterocycles. The van der Waals surface area contributed by atoms with Crippen LogP contribution in [0.1, 0.15) is 13.8 Å². The van der Waals surface area contributed by atoms with Crippen LogP contribution < -0.4 is 0 Å². The Hall–Kier alpha value is -0.0800. The lowest BCUT2D eigenvalue weighted by Gasteiger charge is -2.58. The van der Waals surface area contributed by atoms with E-state index in [2.05, 4.69) is 25.8 Å². The zero-order valence-corrected chi connectivity index (χ0v) is 6.92. The second-order valence-corrected chi connectivity index (χ2v) is 4.16. The Labute approximate surface area is 62.2 Å². The molecule has 2 heteroatoms. The summed E-state index contributed by atoms with van der Waals surface area (Å²) in [5.41, 5.74) is 0.451. The summed E-state index contributed by atoms with van der Waals surface area (Å²) in [5, 5.41) is 0. The van der Waals surface area contributed by atoms with Gasteiger partial charge in [0.15, 0.2) is 0 Å². The second-order valence-electron chi connectivity index (χ2n) is 4.16. The van der Waals surface area contributed by atoms with E-state index >= 15 is 0 Å². The maximum Gasteiger partial charge on any atom is 0.0782 e. The molecule has 0 amide bonds. The molecule has 58 valence electrons. The molecule has 0 radical (unpaired) electrons. The van der Waals surface area contributed by atoms with Crippen LogP contribution in [-0.4, -0.2) is 37.2 Å². The fourth-order valence-electron chi connectivity index (χ4n) is 1.88. The van der Waals surface area contributed by atoms with Crippen molar-refractivity contribution < 1.29 is 4.74 Å². The molecule has 2 atom stereocenters. The largest absolute Gasteiger partial charge is 0.371 e. The van der Waals surface area contributed by atoms with Crippen LogP contribution in [0.2, 0.25) is 0 Å². The molecule has 0 N–H and O–H groups in total. The molecule has 0 saturated carbocycles. The van der Waals surface area contributed by atoms with Crippen LogP contribution in [0.3, 0.4) is 0 Å². The Bertz CT molecular complexity index is 141. The minimum atomic E-state index is 0.451. The molecule has 10 heavy (non-hydrogen) atoms. The van der Waals surface area contributed by atoms with Gasteiger partial charge in [-0.05, 0) is 7.05 Å². The first-order chi connectivity index (χ1) is 4.60. The van der Waals surface area contributed by atoms with Crippen molar-refractivity contribution in [1.29, 1.82) is 0 Å². The van der Waals surface area contributed by atoms with Gasteiger partial charge in [-0.1, -0.05) is 13.8 Å². The van der Waals surface area contributed by atoms with E-state index in [0.29, 0.717) is 17.6 Å². The van der Waals surface area contributed by atoms with E-state index in [1.807, 2.05) is 0 Å². The quantitative estimate of drug-likeness (QED) is 0.493. The van der Waals surface area contributed by atoms with Gasteiger partial charge in [0.2, 0.25) is 0 Å². The Morgan fingerprint density at radius 2 is 1.80 bits per heavy atom. The molecule has 0 aromatic carbocycles. The third-order valence-electron chi connectivity index (χ3n) is 2.94. The highest BCUT2D eigenvalue weighted by Gasteiger charge is 2.53. The predicted molar refractivity (Wildman–Crippen MR) is 39.9 cm³/mol. The molecule has 3 fully saturated rings. The fourth-order valence-corrected chi connectivity index (χ4v) is 1.88. The van der Waals surface area contributed by atoms with Crippen LogP contribution in [-0.2, 0) is 4.74 Å². The first kappa shape index (κ1) is 6.62. The molecule has 3 aliphatic rings. The molecular formula is C8H15NO. The van der Waals surface area contributed by atoms with Gasteiger partial charge in [-0.15, -0.1) is 0 Å². The topological polar surface area (TPSA) is 12.5 Å². The number of likely N-dealkylation sites (N-methyl/N-ethyl adjacent to an activating group) is 1. The van der Waals surface area contributed by atoms with Crippen LogP contribution >= 0.6 is 0 Å². The third-order valence-corrected chi connectivity index (χ3v) is 2.94. The van der Waals surface area contributed by atoms with Crippen molar-refractivity contribution in [2.24, 2.45) is 5.41 Å². The van der Waals surface area contributed by atoms with Crippen molar-refractivity contribution in [3.05, 3.63) is 0 Å². The molecule has 2 bridgehead atoms. The Morgan fingerprint density at radius 1 is 1.30 bits per heavy atom. The third kappa shape index (κ3) is 0.663. The van der Waals surface area contributed by atoms with E-state index in [1.54, 1.807) is 0 Å². The standard InChI is InChI=1S/C8H15NO/c1-8(2)6-4-9(3)5-7(8)10-6/h6-7H,4-5H2,1-3H3. The molecule has 3 rings (SSSR count). The minimum absolute atomic E-state index is 0.451. The van der Waals surface area contributed by atoms with Crippen LogP contribution in [0.25, 0.3) is 0 Å². The molecule has 0 spiro atoms. The molecule has 0 aliphatic carbocycles. The van der Waals surface area contributed by atoms with Crippen LogP contribution in [0.15, 0.2) is 0 Å². The van der Waals surface area contributed by atoms with Gasteiger partial charge in [-0.25, -0.2) is 0 Å². The number of fused-ring (bicyclic) bond motifs is 2. The minimum Gasteiger partial charge on any atom is -0.371 e. The Kier molecular flexibility index (Phi) is 1.15. The number of ether oxygens (including phenoxy) is 1. The van der Waals surface area contributed by atoms with Gasteiger partial charge in [0.1, 0.15) is 0 Å². The zero-order valence-electron chi connectivity index (χ0n) is 6.92. The van der Waals surface area contributed by atoms with Gasteiger partial charge < -0.3 is 9.64 Å². The molecule has 0 aromatic rings. The van der Waals surface area contributed by atoms with Gasteiger partial charge in [-0.3, -0.25) is 0 Å². The maximum absolute atomic E-state index is 5.62. The lowest BCUT2D eigenvalue weighted by molar-refractivity contribution is -0.272. The maximum atomic E-state index is 5.62. The first-order valence-corrected chi connectivity index (χ1v) is 3.94. The number of hydrogen-bond donors (Lipinski definition) is 0. The average molecular weight is 141 g/mol. The highest BCUT2D eigenvalue weighted by molar-refractivity contribution is 5.02. The van der Waals surface area contributed by atoms with Gasteiger partial charge >= 0.3 is 0 Å². The van der Waals surface area contributed by atoms with Crippen molar-refractivity contribution >= 4 is 0 Å². The summed E-state index contributed by atoms with van der Waals surface area (Å²) in [7, 11) is 2.16. The van der Waals surface area contributed by atoms with Crippen molar-refractivity contribution in [3.8, 4) is 0 Å². The van der Waals surface area contributed by atoms with Gasteiger partial charge in [-0.2, -0.15) is 0 Å².